The van der Waals surface area contributed by atoms with Crippen LogP contribution < -0.4 is 0 Å². The van der Waals surface area contributed by atoms with Gasteiger partial charge in [0, 0.05) is 6.42 Å². The van der Waals surface area contributed by atoms with Gasteiger partial charge in [-0.05, 0) is 24.0 Å². The van der Waals surface area contributed by atoms with E-state index in [9.17, 15) is 4.79 Å². The van der Waals surface area contributed by atoms with Crippen molar-refractivity contribution in [3.8, 4) is 0 Å². The molecule has 0 aromatic rings. The summed E-state index contributed by atoms with van der Waals surface area (Å²) in [5.41, 5.74) is 0. The molecule has 0 N–H and O–H groups in total. The quantitative estimate of drug-likeness (QED) is 0.447. The van der Waals surface area contributed by atoms with Crippen LogP contribution in [0.15, 0.2) is 12.0 Å². The first-order chi connectivity index (χ1) is 6.31. The van der Waals surface area contributed by atoms with Crippen molar-refractivity contribution in [3.63, 3.8) is 0 Å². The van der Waals surface area contributed by atoms with E-state index in [0.717, 1.165) is 25.0 Å². The lowest BCUT2D eigenvalue weighted by Gasteiger charge is -2.02. The molecule has 3 heteroatoms. The van der Waals surface area contributed by atoms with Crippen LogP contribution in [0.2, 0.25) is 0 Å². The summed E-state index contributed by atoms with van der Waals surface area (Å²) in [7, 11) is 0. The molecule has 0 unspecified atom stereocenters. The second-order valence-corrected chi connectivity index (χ2v) is 3.79. The fourth-order valence-electron chi connectivity index (χ4n) is 0.786. The smallest absolute Gasteiger partial charge is 0.305 e. The molecule has 0 rings (SSSR count). The van der Waals surface area contributed by atoms with E-state index in [1.165, 1.54) is 0 Å². The lowest BCUT2D eigenvalue weighted by Crippen LogP contribution is -2.05. The van der Waals surface area contributed by atoms with Crippen LogP contribution >= 0.6 is 11.8 Å². The number of carbonyl (C=O) groups excluding carboxylic acids is 1. The number of hydrogen-bond donors (Lipinski definition) is 0. The van der Waals surface area contributed by atoms with E-state index in [2.05, 4.69) is 13.5 Å². The van der Waals surface area contributed by atoms with Crippen molar-refractivity contribution in [2.45, 2.75) is 32.6 Å². The molecule has 0 radical (unpaired) electrons. The van der Waals surface area contributed by atoms with E-state index in [0.29, 0.717) is 13.0 Å². The fourth-order valence-corrected chi connectivity index (χ4v) is 1.26. The highest BCUT2D eigenvalue weighted by Crippen LogP contribution is 2.05. The third-order valence-corrected chi connectivity index (χ3v) is 2.28. The van der Waals surface area contributed by atoms with E-state index in [1.54, 1.807) is 17.2 Å². The maximum absolute atomic E-state index is 11.0. The normalized spacial score (nSPS) is 9.62. The van der Waals surface area contributed by atoms with Gasteiger partial charge >= 0.3 is 5.97 Å². The topological polar surface area (TPSA) is 26.3 Å². The zero-order chi connectivity index (χ0) is 9.94. The molecular weight excluding hydrogens is 184 g/mol. The third-order valence-electron chi connectivity index (χ3n) is 1.52. The maximum Gasteiger partial charge on any atom is 0.305 e. The summed E-state index contributed by atoms with van der Waals surface area (Å²) in [6.45, 7) is 6.24. The molecule has 0 atom stereocenters. The summed E-state index contributed by atoms with van der Waals surface area (Å²) in [5, 5.41) is 1.79. The fraction of sp³-hybridized carbons (Fsp3) is 0.700. The summed E-state index contributed by atoms with van der Waals surface area (Å²) < 4.78 is 4.99. The molecule has 0 heterocycles. The largest absolute Gasteiger partial charge is 0.466 e. The number of esters is 1. The van der Waals surface area contributed by atoms with Crippen LogP contribution in [0, 0.1) is 0 Å². The van der Waals surface area contributed by atoms with Crippen LogP contribution in [-0.4, -0.2) is 18.3 Å². The Labute approximate surface area is 84.7 Å². The van der Waals surface area contributed by atoms with Gasteiger partial charge in [0.25, 0.3) is 0 Å². The minimum absolute atomic E-state index is 0.0712. The maximum atomic E-state index is 11.0. The molecule has 2 nitrogen and oxygen atoms in total. The minimum atomic E-state index is -0.0712. The number of unbranched alkanes of at least 4 members (excludes halogenated alkanes) is 1. The van der Waals surface area contributed by atoms with Crippen LogP contribution in [0.25, 0.3) is 0 Å². The van der Waals surface area contributed by atoms with Gasteiger partial charge in [-0.2, -0.15) is 0 Å². The lowest BCUT2D eigenvalue weighted by atomic mass is 10.3. The molecule has 13 heavy (non-hydrogen) atoms. The Hall–Kier alpha value is -0.440. The molecule has 0 amide bonds. The Morgan fingerprint density at radius 3 is 2.92 bits per heavy atom. The summed E-state index contributed by atoms with van der Waals surface area (Å²) in [5.74, 6) is 0.880. The van der Waals surface area contributed by atoms with Gasteiger partial charge in [-0.15, -0.1) is 11.8 Å². The second-order valence-electron chi connectivity index (χ2n) is 2.72. The van der Waals surface area contributed by atoms with Crippen molar-refractivity contribution in [2.24, 2.45) is 0 Å². The van der Waals surface area contributed by atoms with E-state index >= 15 is 0 Å². The highest BCUT2D eigenvalue weighted by molar-refractivity contribution is 8.02. The van der Waals surface area contributed by atoms with E-state index in [-0.39, 0.29) is 5.97 Å². The molecule has 0 bridgehead atoms. The Bertz CT molecular complexity index is 146. The summed E-state index contributed by atoms with van der Waals surface area (Å²) >= 11 is 1.63. The average molecular weight is 202 g/mol. The Kier molecular flexibility index (Phi) is 9.32. The SMILES string of the molecule is C=CSCCCC(=O)OCCCC. The Balaban J connectivity index is 3.15. The predicted molar refractivity (Wildman–Crippen MR) is 57.8 cm³/mol. The summed E-state index contributed by atoms with van der Waals surface area (Å²) in [6.07, 6.45) is 3.44. The standard InChI is InChI=1S/C10H18O2S/c1-3-5-8-12-10(11)7-6-9-13-4-2/h4H,2-3,5-9H2,1H3. The van der Waals surface area contributed by atoms with Gasteiger partial charge in [-0.25, -0.2) is 0 Å². The molecule has 0 aromatic heterocycles. The van der Waals surface area contributed by atoms with Crippen molar-refractivity contribution >= 4 is 17.7 Å². The van der Waals surface area contributed by atoms with Gasteiger partial charge in [0.2, 0.25) is 0 Å². The van der Waals surface area contributed by atoms with Crippen LogP contribution in [0.3, 0.4) is 0 Å². The highest BCUT2D eigenvalue weighted by atomic mass is 32.2. The minimum Gasteiger partial charge on any atom is -0.466 e. The monoisotopic (exact) mass is 202 g/mol. The van der Waals surface area contributed by atoms with Crippen LogP contribution in [0.5, 0.6) is 0 Å². The van der Waals surface area contributed by atoms with Crippen LogP contribution in [-0.2, 0) is 9.53 Å². The molecule has 0 aliphatic carbocycles. The van der Waals surface area contributed by atoms with Crippen LogP contribution in [0.1, 0.15) is 32.6 Å². The van der Waals surface area contributed by atoms with Crippen molar-refractivity contribution in [1.29, 1.82) is 0 Å². The molecule has 0 aromatic carbocycles. The van der Waals surface area contributed by atoms with Gasteiger partial charge in [0.1, 0.15) is 0 Å². The predicted octanol–water partition coefficient (Wildman–Crippen LogP) is 2.99. The van der Waals surface area contributed by atoms with Gasteiger partial charge in [-0.1, -0.05) is 19.9 Å². The van der Waals surface area contributed by atoms with Crippen molar-refractivity contribution < 1.29 is 9.53 Å². The second kappa shape index (κ2) is 9.65. The Morgan fingerprint density at radius 2 is 2.31 bits per heavy atom. The van der Waals surface area contributed by atoms with Gasteiger partial charge in [-0.3, -0.25) is 4.79 Å². The van der Waals surface area contributed by atoms with Crippen molar-refractivity contribution in [3.05, 3.63) is 12.0 Å². The number of rotatable bonds is 8. The van der Waals surface area contributed by atoms with Gasteiger partial charge < -0.3 is 4.74 Å². The molecule has 0 fully saturated rings. The number of ether oxygens (including phenoxy) is 1. The lowest BCUT2D eigenvalue weighted by molar-refractivity contribution is -0.143. The molecule has 0 aliphatic rings. The summed E-state index contributed by atoms with van der Waals surface area (Å²) in [6, 6.07) is 0. The van der Waals surface area contributed by atoms with Crippen LogP contribution in [0.4, 0.5) is 0 Å². The highest BCUT2D eigenvalue weighted by Gasteiger charge is 2.00. The first kappa shape index (κ1) is 12.6. The van der Waals surface area contributed by atoms with Crippen molar-refractivity contribution in [1.82, 2.24) is 0 Å². The molecular formula is C10H18O2S. The zero-order valence-corrected chi connectivity index (χ0v) is 9.07. The first-order valence-corrected chi connectivity index (χ1v) is 5.74. The average Bonchev–Trinajstić information content (AvgIpc) is 2.13. The molecule has 0 aliphatic heterocycles. The van der Waals surface area contributed by atoms with E-state index in [1.807, 2.05) is 0 Å². The third kappa shape index (κ3) is 9.47. The number of carbonyl (C=O) groups is 1. The molecule has 0 saturated heterocycles. The Morgan fingerprint density at radius 1 is 1.54 bits per heavy atom. The summed E-state index contributed by atoms with van der Waals surface area (Å²) in [4.78, 5) is 11.0. The number of thioether (sulfide) groups is 1. The molecule has 76 valence electrons. The first-order valence-electron chi connectivity index (χ1n) is 4.69. The van der Waals surface area contributed by atoms with E-state index < -0.39 is 0 Å². The van der Waals surface area contributed by atoms with Gasteiger partial charge in [0.15, 0.2) is 0 Å². The zero-order valence-electron chi connectivity index (χ0n) is 8.25. The molecule has 0 saturated carbocycles. The number of hydrogen-bond acceptors (Lipinski definition) is 3. The van der Waals surface area contributed by atoms with Crippen molar-refractivity contribution in [2.75, 3.05) is 12.4 Å². The molecule has 0 spiro atoms. The van der Waals surface area contributed by atoms with Gasteiger partial charge in [0.05, 0.1) is 6.61 Å². The van der Waals surface area contributed by atoms with E-state index in [4.69, 9.17) is 4.74 Å².